The molecule has 0 amide bonds. The highest BCUT2D eigenvalue weighted by molar-refractivity contribution is 7.19. The molecular formula is C20H20N4OS. The Bertz CT molecular complexity index is 1060. The summed E-state index contributed by atoms with van der Waals surface area (Å²) >= 11 is 1.54. The Morgan fingerprint density at radius 1 is 0.962 bits per heavy atom. The van der Waals surface area contributed by atoms with Gasteiger partial charge in [-0.25, -0.2) is 0 Å². The van der Waals surface area contributed by atoms with Crippen molar-refractivity contribution in [1.29, 1.82) is 0 Å². The first-order chi connectivity index (χ1) is 12.5. The molecule has 4 aromatic rings. The first-order valence-corrected chi connectivity index (χ1v) is 9.25. The van der Waals surface area contributed by atoms with Gasteiger partial charge in [0.2, 0.25) is 4.96 Å². The summed E-state index contributed by atoms with van der Waals surface area (Å²) in [5.41, 5.74) is 3.46. The van der Waals surface area contributed by atoms with Crippen molar-refractivity contribution in [3.8, 4) is 27.7 Å². The number of hydrogen-bond acceptors (Lipinski definition) is 5. The summed E-state index contributed by atoms with van der Waals surface area (Å²) in [5, 5.41) is 14.2. The van der Waals surface area contributed by atoms with E-state index >= 15 is 0 Å². The third-order valence-electron chi connectivity index (χ3n) is 4.32. The fraction of sp³-hybridized carbons (Fsp3) is 0.250. The number of methoxy groups -OCH3 is 1. The standard InChI is InChI=1S/C20H20N4OS/c1-20(2,3)15-10-8-13(9-11-15)18-23-24-17(21-22-19(24)26-18)14-6-5-7-16(12-14)25-4/h5-12H,1-4H3. The summed E-state index contributed by atoms with van der Waals surface area (Å²) in [6, 6.07) is 16.3. The second-order valence-corrected chi connectivity index (χ2v) is 8.14. The fourth-order valence-electron chi connectivity index (χ4n) is 2.79. The molecule has 0 saturated carbocycles. The number of ether oxygens (including phenoxy) is 1. The summed E-state index contributed by atoms with van der Waals surface area (Å²) < 4.78 is 7.10. The van der Waals surface area contributed by atoms with Crippen LogP contribution in [-0.4, -0.2) is 26.9 Å². The summed E-state index contributed by atoms with van der Waals surface area (Å²) in [4.78, 5) is 0.776. The van der Waals surface area contributed by atoms with Gasteiger partial charge in [0.15, 0.2) is 5.82 Å². The van der Waals surface area contributed by atoms with Crippen LogP contribution in [0.2, 0.25) is 0 Å². The van der Waals surface area contributed by atoms with Crippen LogP contribution in [0.15, 0.2) is 48.5 Å². The average molecular weight is 364 g/mol. The van der Waals surface area contributed by atoms with E-state index in [9.17, 15) is 0 Å². The van der Waals surface area contributed by atoms with Gasteiger partial charge in [-0.3, -0.25) is 0 Å². The number of nitrogens with zero attached hydrogens (tertiary/aromatic N) is 4. The maximum atomic E-state index is 5.30. The maximum absolute atomic E-state index is 5.30. The van der Waals surface area contributed by atoms with Crippen LogP contribution in [0.1, 0.15) is 26.3 Å². The van der Waals surface area contributed by atoms with Gasteiger partial charge in [-0.15, -0.1) is 10.2 Å². The minimum absolute atomic E-state index is 0.138. The van der Waals surface area contributed by atoms with E-state index in [1.165, 1.54) is 16.9 Å². The van der Waals surface area contributed by atoms with Crippen molar-refractivity contribution in [3.05, 3.63) is 54.1 Å². The van der Waals surface area contributed by atoms with E-state index in [1.807, 2.05) is 24.3 Å². The van der Waals surface area contributed by atoms with E-state index in [0.29, 0.717) is 5.82 Å². The lowest BCUT2D eigenvalue weighted by molar-refractivity contribution is 0.415. The first-order valence-electron chi connectivity index (χ1n) is 8.43. The molecule has 0 N–H and O–H groups in total. The van der Waals surface area contributed by atoms with Crippen LogP contribution in [0.25, 0.3) is 26.9 Å². The van der Waals surface area contributed by atoms with Crippen LogP contribution in [0.5, 0.6) is 5.75 Å². The van der Waals surface area contributed by atoms with Crippen molar-refractivity contribution in [3.63, 3.8) is 0 Å². The highest BCUT2D eigenvalue weighted by Crippen LogP contribution is 2.31. The van der Waals surface area contributed by atoms with Crippen molar-refractivity contribution in [2.24, 2.45) is 0 Å². The molecule has 0 aliphatic carbocycles. The quantitative estimate of drug-likeness (QED) is 0.523. The molecule has 26 heavy (non-hydrogen) atoms. The Kier molecular flexibility index (Phi) is 4.00. The predicted octanol–water partition coefficient (Wildman–Crippen LogP) is 4.83. The Hall–Kier alpha value is -2.73. The number of benzene rings is 2. The van der Waals surface area contributed by atoms with Crippen LogP contribution >= 0.6 is 11.3 Å². The van der Waals surface area contributed by atoms with Gasteiger partial charge in [0.05, 0.1) is 7.11 Å². The average Bonchev–Trinajstić information content (AvgIpc) is 3.22. The van der Waals surface area contributed by atoms with Crippen LogP contribution in [-0.2, 0) is 5.41 Å². The zero-order valence-corrected chi connectivity index (χ0v) is 16.0. The van der Waals surface area contributed by atoms with Gasteiger partial charge in [-0.2, -0.15) is 9.61 Å². The molecule has 6 heteroatoms. The molecule has 0 saturated heterocycles. The van der Waals surface area contributed by atoms with E-state index in [-0.39, 0.29) is 5.41 Å². The second-order valence-electron chi connectivity index (χ2n) is 7.18. The van der Waals surface area contributed by atoms with Gasteiger partial charge >= 0.3 is 0 Å². The Balaban J connectivity index is 1.74. The van der Waals surface area contributed by atoms with E-state index in [0.717, 1.165) is 26.8 Å². The van der Waals surface area contributed by atoms with Crippen molar-refractivity contribution < 1.29 is 4.74 Å². The topological polar surface area (TPSA) is 52.3 Å². The van der Waals surface area contributed by atoms with Gasteiger partial charge < -0.3 is 4.74 Å². The minimum atomic E-state index is 0.138. The zero-order valence-electron chi connectivity index (χ0n) is 15.2. The van der Waals surface area contributed by atoms with E-state index in [2.05, 4.69) is 55.2 Å². The fourth-order valence-corrected chi connectivity index (χ4v) is 3.63. The molecule has 0 spiro atoms. The number of rotatable bonds is 3. The largest absolute Gasteiger partial charge is 0.497 e. The second kappa shape index (κ2) is 6.21. The van der Waals surface area contributed by atoms with Gasteiger partial charge in [0, 0.05) is 11.1 Å². The molecule has 0 aliphatic heterocycles. The SMILES string of the molecule is COc1cccc(-c2nnc3sc(-c4ccc(C(C)(C)C)cc4)nn23)c1. The summed E-state index contributed by atoms with van der Waals surface area (Å²) in [6.07, 6.45) is 0. The van der Waals surface area contributed by atoms with Crippen LogP contribution in [0.4, 0.5) is 0 Å². The first kappa shape index (κ1) is 16.7. The lowest BCUT2D eigenvalue weighted by Crippen LogP contribution is -2.10. The van der Waals surface area contributed by atoms with Gasteiger partial charge in [0.1, 0.15) is 10.8 Å². The van der Waals surface area contributed by atoms with Gasteiger partial charge in [0.25, 0.3) is 0 Å². The lowest BCUT2D eigenvalue weighted by Gasteiger charge is -2.18. The number of fused-ring (bicyclic) bond motifs is 1. The molecule has 4 rings (SSSR count). The molecule has 5 nitrogen and oxygen atoms in total. The Morgan fingerprint density at radius 3 is 2.42 bits per heavy atom. The maximum Gasteiger partial charge on any atom is 0.235 e. The Labute approximate surface area is 156 Å². The van der Waals surface area contributed by atoms with Gasteiger partial charge in [-0.05, 0) is 23.1 Å². The van der Waals surface area contributed by atoms with E-state index < -0.39 is 0 Å². The Morgan fingerprint density at radius 2 is 1.73 bits per heavy atom. The number of hydrogen-bond donors (Lipinski definition) is 0. The molecule has 2 aromatic carbocycles. The van der Waals surface area contributed by atoms with Crippen molar-refractivity contribution in [2.75, 3.05) is 7.11 Å². The highest BCUT2D eigenvalue weighted by atomic mass is 32.1. The monoisotopic (exact) mass is 364 g/mol. The van der Waals surface area contributed by atoms with Crippen molar-refractivity contribution in [1.82, 2.24) is 19.8 Å². The molecule has 0 fully saturated rings. The smallest absolute Gasteiger partial charge is 0.235 e. The molecule has 0 bridgehead atoms. The molecule has 132 valence electrons. The van der Waals surface area contributed by atoms with Crippen LogP contribution in [0, 0.1) is 0 Å². The van der Waals surface area contributed by atoms with Crippen molar-refractivity contribution in [2.45, 2.75) is 26.2 Å². The summed E-state index contributed by atoms with van der Waals surface area (Å²) in [5.74, 6) is 1.50. The third-order valence-corrected chi connectivity index (χ3v) is 5.26. The van der Waals surface area contributed by atoms with E-state index in [1.54, 1.807) is 11.6 Å². The molecule has 2 heterocycles. The zero-order chi connectivity index (χ0) is 18.3. The molecule has 0 unspecified atom stereocenters. The molecule has 0 radical (unpaired) electrons. The van der Waals surface area contributed by atoms with Gasteiger partial charge in [-0.1, -0.05) is 68.5 Å². The normalized spacial score (nSPS) is 11.8. The minimum Gasteiger partial charge on any atom is -0.497 e. The molecular weight excluding hydrogens is 344 g/mol. The predicted molar refractivity (Wildman–Crippen MR) is 105 cm³/mol. The molecule has 0 atom stereocenters. The van der Waals surface area contributed by atoms with Crippen molar-refractivity contribution >= 4 is 16.3 Å². The highest BCUT2D eigenvalue weighted by Gasteiger charge is 2.16. The molecule has 0 aliphatic rings. The van der Waals surface area contributed by atoms with Crippen LogP contribution < -0.4 is 4.74 Å². The molecule has 2 aromatic heterocycles. The summed E-state index contributed by atoms with van der Waals surface area (Å²) in [6.45, 7) is 6.64. The lowest BCUT2D eigenvalue weighted by atomic mass is 9.87. The number of aromatic nitrogens is 4. The van der Waals surface area contributed by atoms with Crippen LogP contribution in [0.3, 0.4) is 0 Å². The summed E-state index contributed by atoms with van der Waals surface area (Å²) in [7, 11) is 1.65. The van der Waals surface area contributed by atoms with E-state index in [4.69, 9.17) is 9.84 Å². The third kappa shape index (κ3) is 2.97.